The van der Waals surface area contributed by atoms with Gasteiger partial charge in [0.2, 0.25) is 5.91 Å². The van der Waals surface area contributed by atoms with Crippen LogP contribution in [0.4, 0.5) is 0 Å². The van der Waals surface area contributed by atoms with E-state index in [1.54, 1.807) is 4.90 Å². The average molecular weight is 249 g/mol. The summed E-state index contributed by atoms with van der Waals surface area (Å²) in [5.41, 5.74) is 7.77. The molecule has 100 valence electrons. The SMILES string of the molecule is CCN(Cc1cccc(C)n1)C(=O)[C@@H](N)C(C)C. The van der Waals surface area contributed by atoms with Gasteiger partial charge in [0.05, 0.1) is 18.3 Å². The lowest BCUT2D eigenvalue weighted by Gasteiger charge is -2.25. The van der Waals surface area contributed by atoms with Gasteiger partial charge < -0.3 is 10.6 Å². The largest absolute Gasteiger partial charge is 0.336 e. The van der Waals surface area contributed by atoms with Gasteiger partial charge in [-0.05, 0) is 31.9 Å². The molecule has 0 aliphatic carbocycles. The van der Waals surface area contributed by atoms with E-state index >= 15 is 0 Å². The molecule has 0 spiro atoms. The van der Waals surface area contributed by atoms with E-state index < -0.39 is 6.04 Å². The van der Waals surface area contributed by atoms with Crippen molar-refractivity contribution in [3.05, 3.63) is 29.6 Å². The minimum Gasteiger partial charge on any atom is -0.336 e. The van der Waals surface area contributed by atoms with Crippen LogP contribution in [0.2, 0.25) is 0 Å². The molecule has 0 saturated heterocycles. The summed E-state index contributed by atoms with van der Waals surface area (Å²) in [4.78, 5) is 18.3. The minimum absolute atomic E-state index is 0.00388. The molecule has 1 aromatic heterocycles. The van der Waals surface area contributed by atoms with Crippen LogP contribution < -0.4 is 5.73 Å². The number of carbonyl (C=O) groups is 1. The van der Waals surface area contributed by atoms with Crippen molar-refractivity contribution in [2.75, 3.05) is 6.54 Å². The van der Waals surface area contributed by atoms with Gasteiger partial charge in [-0.15, -0.1) is 0 Å². The van der Waals surface area contributed by atoms with Crippen molar-refractivity contribution < 1.29 is 4.79 Å². The summed E-state index contributed by atoms with van der Waals surface area (Å²) >= 11 is 0. The first-order valence-electron chi connectivity index (χ1n) is 6.42. The van der Waals surface area contributed by atoms with Gasteiger partial charge in [-0.3, -0.25) is 9.78 Å². The van der Waals surface area contributed by atoms with Crippen molar-refractivity contribution in [3.8, 4) is 0 Å². The predicted octanol–water partition coefficient (Wildman–Crippen LogP) is 1.72. The van der Waals surface area contributed by atoms with E-state index in [1.165, 1.54) is 0 Å². The average Bonchev–Trinajstić information content (AvgIpc) is 2.34. The zero-order valence-electron chi connectivity index (χ0n) is 11.7. The van der Waals surface area contributed by atoms with Crippen molar-refractivity contribution in [1.29, 1.82) is 0 Å². The van der Waals surface area contributed by atoms with Gasteiger partial charge in [-0.25, -0.2) is 0 Å². The molecule has 0 radical (unpaired) electrons. The first-order valence-corrected chi connectivity index (χ1v) is 6.42. The molecular weight excluding hydrogens is 226 g/mol. The molecule has 1 heterocycles. The second-order valence-corrected chi connectivity index (χ2v) is 4.89. The number of likely N-dealkylation sites (N-methyl/N-ethyl adjacent to an activating group) is 1. The summed E-state index contributed by atoms with van der Waals surface area (Å²) < 4.78 is 0. The second-order valence-electron chi connectivity index (χ2n) is 4.89. The number of nitrogens with two attached hydrogens (primary N) is 1. The molecule has 0 saturated carbocycles. The highest BCUT2D eigenvalue weighted by molar-refractivity contribution is 5.81. The molecule has 1 rings (SSSR count). The number of pyridine rings is 1. The number of carbonyl (C=O) groups excluding carboxylic acids is 1. The third-order valence-corrected chi connectivity index (χ3v) is 3.00. The van der Waals surface area contributed by atoms with Crippen molar-refractivity contribution in [3.63, 3.8) is 0 Å². The Bertz CT molecular complexity index is 404. The third-order valence-electron chi connectivity index (χ3n) is 3.00. The highest BCUT2D eigenvalue weighted by Crippen LogP contribution is 2.08. The molecule has 0 unspecified atom stereocenters. The highest BCUT2D eigenvalue weighted by atomic mass is 16.2. The lowest BCUT2D eigenvalue weighted by Crippen LogP contribution is -2.46. The maximum absolute atomic E-state index is 12.2. The molecule has 0 aromatic carbocycles. The zero-order chi connectivity index (χ0) is 13.7. The Balaban J connectivity index is 2.76. The van der Waals surface area contributed by atoms with E-state index in [-0.39, 0.29) is 11.8 Å². The van der Waals surface area contributed by atoms with E-state index in [9.17, 15) is 4.79 Å². The Labute approximate surface area is 109 Å². The van der Waals surface area contributed by atoms with E-state index in [2.05, 4.69) is 4.98 Å². The van der Waals surface area contributed by atoms with Crippen LogP contribution in [-0.4, -0.2) is 28.4 Å². The number of hydrogen-bond acceptors (Lipinski definition) is 3. The summed E-state index contributed by atoms with van der Waals surface area (Å²) in [7, 11) is 0. The molecule has 18 heavy (non-hydrogen) atoms. The van der Waals surface area contributed by atoms with Crippen LogP contribution in [0.3, 0.4) is 0 Å². The second kappa shape index (κ2) is 6.50. The van der Waals surface area contributed by atoms with E-state index in [0.717, 1.165) is 11.4 Å². The molecule has 0 aliphatic heterocycles. The predicted molar refractivity (Wildman–Crippen MR) is 72.9 cm³/mol. The van der Waals surface area contributed by atoms with Crippen LogP contribution in [0.25, 0.3) is 0 Å². The van der Waals surface area contributed by atoms with Crippen molar-refractivity contribution in [2.45, 2.75) is 40.3 Å². The van der Waals surface area contributed by atoms with Gasteiger partial charge in [0.15, 0.2) is 0 Å². The molecule has 0 bridgehead atoms. The van der Waals surface area contributed by atoms with Crippen molar-refractivity contribution in [1.82, 2.24) is 9.88 Å². The number of aromatic nitrogens is 1. The van der Waals surface area contributed by atoms with Crippen molar-refractivity contribution in [2.24, 2.45) is 11.7 Å². The van der Waals surface area contributed by atoms with Gasteiger partial charge in [-0.1, -0.05) is 19.9 Å². The lowest BCUT2D eigenvalue weighted by molar-refractivity contribution is -0.134. The summed E-state index contributed by atoms with van der Waals surface area (Å²) in [6, 6.07) is 5.40. The molecule has 2 N–H and O–H groups in total. The van der Waals surface area contributed by atoms with Gasteiger partial charge in [0, 0.05) is 12.2 Å². The number of aryl methyl sites for hydroxylation is 1. The number of nitrogens with zero attached hydrogens (tertiary/aromatic N) is 2. The normalized spacial score (nSPS) is 12.6. The molecular formula is C14H23N3O. The van der Waals surface area contributed by atoms with Crippen LogP contribution in [-0.2, 0) is 11.3 Å². The number of amides is 1. The molecule has 1 atom stereocenters. The van der Waals surface area contributed by atoms with Gasteiger partial charge in [0.25, 0.3) is 0 Å². The van der Waals surface area contributed by atoms with Crippen molar-refractivity contribution >= 4 is 5.91 Å². The third kappa shape index (κ3) is 3.81. The van der Waals surface area contributed by atoms with Crippen LogP contribution >= 0.6 is 0 Å². The summed E-state index contributed by atoms with van der Waals surface area (Å²) in [6.07, 6.45) is 0. The fourth-order valence-corrected chi connectivity index (χ4v) is 1.72. The quantitative estimate of drug-likeness (QED) is 0.864. The van der Waals surface area contributed by atoms with Gasteiger partial charge >= 0.3 is 0 Å². The Kier molecular flexibility index (Phi) is 5.28. The first-order chi connectivity index (χ1) is 8.45. The summed E-state index contributed by atoms with van der Waals surface area (Å²) in [6.45, 7) is 9.00. The standard InChI is InChI=1S/C14H23N3O/c1-5-17(14(18)13(15)10(2)3)9-12-8-6-7-11(4)16-12/h6-8,10,13H,5,9,15H2,1-4H3/t13-/m0/s1. The topological polar surface area (TPSA) is 59.2 Å². The fourth-order valence-electron chi connectivity index (χ4n) is 1.72. The molecule has 4 nitrogen and oxygen atoms in total. The Morgan fingerprint density at radius 1 is 1.44 bits per heavy atom. The molecule has 1 amide bonds. The summed E-state index contributed by atoms with van der Waals surface area (Å²) in [5, 5.41) is 0. The number of rotatable bonds is 5. The Hall–Kier alpha value is -1.42. The Morgan fingerprint density at radius 2 is 2.11 bits per heavy atom. The van der Waals surface area contributed by atoms with Crippen LogP contribution in [0.15, 0.2) is 18.2 Å². The van der Waals surface area contributed by atoms with Crippen LogP contribution in [0.1, 0.15) is 32.2 Å². The van der Waals surface area contributed by atoms with Gasteiger partial charge in [0.1, 0.15) is 0 Å². The Morgan fingerprint density at radius 3 is 2.61 bits per heavy atom. The fraction of sp³-hybridized carbons (Fsp3) is 0.571. The molecule has 0 fully saturated rings. The molecule has 4 heteroatoms. The van der Waals surface area contributed by atoms with E-state index in [0.29, 0.717) is 13.1 Å². The molecule has 0 aliphatic rings. The highest BCUT2D eigenvalue weighted by Gasteiger charge is 2.22. The van der Waals surface area contributed by atoms with Gasteiger partial charge in [-0.2, -0.15) is 0 Å². The van der Waals surface area contributed by atoms with Crippen LogP contribution in [0.5, 0.6) is 0 Å². The lowest BCUT2D eigenvalue weighted by atomic mass is 10.0. The van der Waals surface area contributed by atoms with Crippen LogP contribution in [0, 0.1) is 12.8 Å². The zero-order valence-corrected chi connectivity index (χ0v) is 11.7. The minimum atomic E-state index is -0.435. The molecule has 1 aromatic rings. The monoisotopic (exact) mass is 249 g/mol. The van der Waals surface area contributed by atoms with E-state index in [4.69, 9.17) is 5.73 Å². The summed E-state index contributed by atoms with van der Waals surface area (Å²) in [5.74, 6) is 0.146. The van der Waals surface area contributed by atoms with E-state index in [1.807, 2.05) is 45.9 Å². The first kappa shape index (κ1) is 14.6. The maximum Gasteiger partial charge on any atom is 0.240 e. The smallest absolute Gasteiger partial charge is 0.240 e. The maximum atomic E-state index is 12.2. The number of hydrogen-bond donors (Lipinski definition) is 1.